The van der Waals surface area contributed by atoms with Gasteiger partial charge in [0.05, 0.1) is 0 Å². The Hall–Kier alpha value is -3.33. The average molecular weight is 383 g/mol. The van der Waals surface area contributed by atoms with Gasteiger partial charge in [0, 0.05) is 37.1 Å². The maximum atomic E-state index is 11.7. The first-order valence-corrected chi connectivity index (χ1v) is 9.05. The Kier molecular flexibility index (Phi) is 4.28. The minimum absolute atomic E-state index is 0.0228. The number of rotatable bonds is 4. The Bertz CT molecular complexity index is 1050. The van der Waals surface area contributed by atoms with E-state index in [1.165, 1.54) is 23.8 Å². The van der Waals surface area contributed by atoms with Crippen molar-refractivity contribution in [3.8, 4) is 0 Å². The number of nitrogens with zero attached hydrogens (tertiary/aromatic N) is 1. The predicted octanol–water partition coefficient (Wildman–Crippen LogP) is 1.82. The number of benzene rings is 1. The number of likely N-dealkylation sites (N-methyl/N-ethyl adjacent to an activating group) is 1. The van der Waals surface area contributed by atoms with E-state index in [-0.39, 0.29) is 18.1 Å². The largest absolute Gasteiger partial charge is 0.480 e. The molecule has 0 unspecified atom stereocenters. The van der Waals surface area contributed by atoms with Gasteiger partial charge in [0.15, 0.2) is 18.2 Å². The van der Waals surface area contributed by atoms with E-state index >= 15 is 0 Å². The number of carbonyl (C=O) groups is 1. The number of aromatic amines is 1. The Morgan fingerprint density at radius 3 is 2.93 bits per heavy atom. The van der Waals surface area contributed by atoms with Crippen molar-refractivity contribution in [1.29, 1.82) is 5.41 Å². The van der Waals surface area contributed by atoms with Crippen molar-refractivity contribution in [1.82, 2.24) is 14.6 Å². The molecule has 4 N–H and O–H groups in total. The van der Waals surface area contributed by atoms with Gasteiger partial charge in [0.2, 0.25) is 0 Å². The van der Waals surface area contributed by atoms with E-state index in [4.69, 9.17) is 10.1 Å². The lowest BCUT2D eigenvalue weighted by Crippen LogP contribution is -2.42. The Morgan fingerprint density at radius 1 is 1.33 bits per heavy atom. The molecule has 1 aromatic heterocycles. The fourth-order valence-corrected chi connectivity index (χ4v) is 3.55. The molecule has 2 aliphatic heterocycles. The lowest BCUT2D eigenvalue weighted by atomic mass is 9.99. The van der Waals surface area contributed by atoms with Crippen LogP contribution in [0.5, 0.6) is 0 Å². The first-order valence-electron chi connectivity index (χ1n) is 8.23. The molecule has 138 valence electrons. The summed E-state index contributed by atoms with van der Waals surface area (Å²) in [6.45, 7) is 0.568. The van der Waals surface area contributed by atoms with Crippen LogP contribution in [-0.2, 0) is 9.53 Å². The predicted molar refractivity (Wildman–Crippen MR) is 104 cm³/mol. The van der Waals surface area contributed by atoms with E-state index in [0.29, 0.717) is 28.7 Å². The number of allylic oxidation sites excluding steroid dienone is 1. The van der Waals surface area contributed by atoms with Crippen LogP contribution in [0, 0.1) is 5.41 Å². The second-order valence-corrected chi connectivity index (χ2v) is 6.97. The van der Waals surface area contributed by atoms with E-state index in [2.05, 4.69) is 15.0 Å². The van der Waals surface area contributed by atoms with Gasteiger partial charge < -0.3 is 20.8 Å². The maximum Gasteiger partial charge on any atom is 0.265 e. The zero-order valence-electron chi connectivity index (χ0n) is 14.5. The molecule has 0 saturated heterocycles. The molecule has 1 aromatic carbocycles. The van der Waals surface area contributed by atoms with Crippen LogP contribution < -0.4 is 16.2 Å². The number of aromatic nitrogens is 1. The van der Waals surface area contributed by atoms with Crippen molar-refractivity contribution in [3.63, 3.8) is 0 Å². The zero-order chi connectivity index (χ0) is 19.0. The minimum Gasteiger partial charge on any atom is -0.480 e. The Morgan fingerprint density at radius 2 is 2.19 bits per heavy atom. The van der Waals surface area contributed by atoms with Gasteiger partial charge in [-0.25, -0.2) is 0 Å². The molecule has 2 aromatic rings. The van der Waals surface area contributed by atoms with Crippen LogP contribution in [0.15, 0.2) is 46.7 Å². The topological polar surface area (TPSA) is 110 Å². The van der Waals surface area contributed by atoms with Crippen LogP contribution in [0.1, 0.15) is 11.1 Å². The van der Waals surface area contributed by atoms with Gasteiger partial charge in [-0.15, -0.1) is 0 Å². The average Bonchev–Trinajstić information content (AvgIpc) is 3.09. The van der Waals surface area contributed by atoms with Crippen LogP contribution in [0.25, 0.3) is 5.57 Å². The molecule has 0 saturated carbocycles. The molecule has 0 atom stereocenters. The summed E-state index contributed by atoms with van der Waals surface area (Å²) in [5.74, 6) is 1.21. The monoisotopic (exact) mass is 383 g/mol. The van der Waals surface area contributed by atoms with Gasteiger partial charge in [-0.1, -0.05) is 6.07 Å². The quantitative estimate of drug-likeness (QED) is 0.602. The Balaban J connectivity index is 1.64. The lowest BCUT2D eigenvalue weighted by Gasteiger charge is -2.32. The van der Waals surface area contributed by atoms with Crippen molar-refractivity contribution in [2.45, 2.75) is 0 Å². The van der Waals surface area contributed by atoms with E-state index in [1.54, 1.807) is 11.9 Å². The molecule has 0 fully saturated rings. The number of amides is 1. The van der Waals surface area contributed by atoms with E-state index in [9.17, 15) is 9.59 Å². The highest BCUT2D eigenvalue weighted by Gasteiger charge is 2.27. The summed E-state index contributed by atoms with van der Waals surface area (Å²) in [6, 6.07) is 7.21. The van der Waals surface area contributed by atoms with E-state index < -0.39 is 0 Å². The normalized spacial score (nSPS) is 16.3. The van der Waals surface area contributed by atoms with Gasteiger partial charge in [-0.05, 0) is 40.9 Å². The molecule has 0 spiro atoms. The number of nitrogens with one attached hydrogen (secondary N) is 4. The summed E-state index contributed by atoms with van der Waals surface area (Å²) in [7, 11) is 1.72. The zero-order valence-corrected chi connectivity index (χ0v) is 15.3. The summed E-state index contributed by atoms with van der Waals surface area (Å²) in [5.41, 5.74) is 3.23. The number of hydrogen-bond donors (Lipinski definition) is 4. The van der Waals surface area contributed by atoms with Crippen molar-refractivity contribution < 1.29 is 9.53 Å². The maximum absolute atomic E-state index is 11.7. The molecule has 0 aliphatic carbocycles. The fraction of sp³-hybridized carbons (Fsp3) is 0.167. The lowest BCUT2D eigenvalue weighted by molar-refractivity contribution is -0.134. The second kappa shape index (κ2) is 6.76. The van der Waals surface area contributed by atoms with Gasteiger partial charge in [-0.2, -0.15) is 0 Å². The van der Waals surface area contributed by atoms with Crippen LogP contribution in [0.3, 0.4) is 0 Å². The molecule has 2 aliphatic rings. The molecular weight excluding hydrogens is 366 g/mol. The summed E-state index contributed by atoms with van der Waals surface area (Å²) in [5, 5.41) is 14.8. The number of carbonyl (C=O) groups excluding carboxylic acids is 1. The third-order valence-electron chi connectivity index (χ3n) is 4.41. The van der Waals surface area contributed by atoms with Crippen molar-refractivity contribution in [2.24, 2.45) is 0 Å². The SMILES string of the molecule is CN1C(=O)COC2=C1NCC(c1ccc(Nc3cc(=O)[nH]s3)c(C=N)c1)=C2. The first kappa shape index (κ1) is 17.1. The Labute approximate surface area is 158 Å². The fourth-order valence-electron chi connectivity index (χ4n) is 2.96. The molecule has 0 bridgehead atoms. The third kappa shape index (κ3) is 3.24. The molecule has 8 nitrogen and oxygen atoms in total. The van der Waals surface area contributed by atoms with Crippen molar-refractivity contribution >= 4 is 39.9 Å². The minimum atomic E-state index is -0.158. The highest BCUT2D eigenvalue weighted by molar-refractivity contribution is 7.10. The molecule has 1 amide bonds. The van der Waals surface area contributed by atoms with E-state index in [0.717, 1.165) is 16.8 Å². The van der Waals surface area contributed by atoms with Gasteiger partial charge >= 0.3 is 0 Å². The number of hydrogen-bond acceptors (Lipinski definition) is 7. The number of anilines is 2. The summed E-state index contributed by atoms with van der Waals surface area (Å²) in [4.78, 5) is 24.6. The highest BCUT2D eigenvalue weighted by atomic mass is 32.1. The molecule has 4 rings (SSSR count). The summed E-state index contributed by atoms with van der Waals surface area (Å²) in [6.07, 6.45) is 3.19. The van der Waals surface area contributed by atoms with Crippen molar-refractivity contribution in [2.75, 3.05) is 25.5 Å². The van der Waals surface area contributed by atoms with Crippen molar-refractivity contribution in [3.05, 3.63) is 63.4 Å². The smallest absolute Gasteiger partial charge is 0.265 e. The number of dihydropyridines is 1. The van der Waals surface area contributed by atoms with Crippen LogP contribution in [0.4, 0.5) is 10.7 Å². The summed E-state index contributed by atoms with van der Waals surface area (Å²) >= 11 is 1.21. The highest BCUT2D eigenvalue weighted by Crippen LogP contribution is 2.29. The molecule has 0 radical (unpaired) electrons. The number of ether oxygens (including phenoxy) is 1. The number of H-pyrrole nitrogens is 1. The summed E-state index contributed by atoms with van der Waals surface area (Å²) < 4.78 is 8.16. The molecule has 9 heteroatoms. The van der Waals surface area contributed by atoms with Crippen LogP contribution in [-0.4, -0.2) is 41.6 Å². The van der Waals surface area contributed by atoms with Crippen LogP contribution >= 0.6 is 11.5 Å². The van der Waals surface area contributed by atoms with E-state index in [1.807, 2.05) is 24.3 Å². The first-order chi connectivity index (χ1) is 13.0. The van der Waals surface area contributed by atoms with Gasteiger partial charge in [0.1, 0.15) is 5.00 Å². The molecule has 3 heterocycles. The molecular formula is C18H17N5O3S. The van der Waals surface area contributed by atoms with Crippen LogP contribution in [0.2, 0.25) is 0 Å². The second-order valence-electron chi connectivity index (χ2n) is 6.13. The van der Waals surface area contributed by atoms with Gasteiger partial charge in [-0.3, -0.25) is 18.9 Å². The standard InChI is InChI=1S/C18H17N5O3S/c1-23-17(25)9-26-14-5-12(8-20-18(14)23)10-2-3-13(11(4-10)7-19)21-16-6-15(24)22-27-16/h2-7,19-21H,8-9H2,1H3,(H,22,24). The molecule has 27 heavy (non-hydrogen) atoms. The third-order valence-corrected chi connectivity index (χ3v) is 5.15. The van der Waals surface area contributed by atoms with Gasteiger partial charge in [0.25, 0.3) is 11.5 Å².